The highest BCUT2D eigenvalue weighted by molar-refractivity contribution is 4.77. The number of methoxy groups -OCH3 is 1. The van der Waals surface area contributed by atoms with E-state index in [4.69, 9.17) is 4.74 Å². The molecular formula is C14H29NO. The van der Waals surface area contributed by atoms with Crippen LogP contribution in [0.15, 0.2) is 0 Å². The quantitative estimate of drug-likeness (QED) is 0.688. The minimum absolute atomic E-state index is 0.756. The monoisotopic (exact) mass is 227 g/mol. The zero-order valence-electron chi connectivity index (χ0n) is 11.3. The third-order valence-electron chi connectivity index (χ3n) is 3.72. The third-order valence-corrected chi connectivity index (χ3v) is 3.72. The molecule has 0 spiro atoms. The molecule has 0 aromatic heterocycles. The molecule has 1 atom stereocenters. The molecule has 0 aliphatic heterocycles. The lowest BCUT2D eigenvalue weighted by Crippen LogP contribution is -2.30. The molecule has 0 heterocycles. The summed E-state index contributed by atoms with van der Waals surface area (Å²) >= 11 is 0. The van der Waals surface area contributed by atoms with Crippen molar-refractivity contribution in [3.8, 4) is 0 Å². The number of rotatable bonds is 8. The van der Waals surface area contributed by atoms with Crippen molar-refractivity contribution in [1.82, 2.24) is 5.32 Å². The van der Waals surface area contributed by atoms with Gasteiger partial charge in [-0.3, -0.25) is 0 Å². The Kier molecular flexibility index (Phi) is 7.06. The Balaban J connectivity index is 2.25. The van der Waals surface area contributed by atoms with Gasteiger partial charge in [0.15, 0.2) is 0 Å². The molecule has 1 saturated carbocycles. The topological polar surface area (TPSA) is 21.3 Å². The molecule has 1 aliphatic carbocycles. The van der Waals surface area contributed by atoms with E-state index in [1.165, 1.54) is 38.6 Å². The number of nitrogens with one attached hydrogen (secondary N) is 1. The van der Waals surface area contributed by atoms with Crippen LogP contribution < -0.4 is 5.32 Å². The standard InChI is InChI=1S/C14H29NO/c1-12(2)10-15-11-14(8-9-16-3)13-6-4-5-7-13/h12-15H,4-11H2,1-3H3. The largest absolute Gasteiger partial charge is 0.385 e. The van der Waals surface area contributed by atoms with Crippen LogP contribution in [0.25, 0.3) is 0 Å². The summed E-state index contributed by atoms with van der Waals surface area (Å²) in [6.45, 7) is 7.80. The molecule has 1 rings (SSSR count). The van der Waals surface area contributed by atoms with Crippen LogP contribution in [0.3, 0.4) is 0 Å². The summed E-state index contributed by atoms with van der Waals surface area (Å²) in [5.74, 6) is 2.54. The van der Waals surface area contributed by atoms with Gasteiger partial charge in [0.05, 0.1) is 0 Å². The van der Waals surface area contributed by atoms with Crippen LogP contribution in [0.2, 0.25) is 0 Å². The van der Waals surface area contributed by atoms with Crippen LogP contribution in [0.4, 0.5) is 0 Å². The molecule has 0 aromatic carbocycles. The van der Waals surface area contributed by atoms with Gasteiger partial charge in [-0.25, -0.2) is 0 Å². The molecule has 1 aliphatic rings. The van der Waals surface area contributed by atoms with E-state index in [2.05, 4.69) is 19.2 Å². The van der Waals surface area contributed by atoms with Gasteiger partial charge in [0.2, 0.25) is 0 Å². The maximum Gasteiger partial charge on any atom is 0.0465 e. The van der Waals surface area contributed by atoms with Crippen LogP contribution in [-0.4, -0.2) is 26.8 Å². The van der Waals surface area contributed by atoms with Gasteiger partial charge >= 0.3 is 0 Å². The lowest BCUT2D eigenvalue weighted by Gasteiger charge is -2.24. The van der Waals surface area contributed by atoms with Crippen LogP contribution in [0, 0.1) is 17.8 Å². The van der Waals surface area contributed by atoms with Gasteiger partial charge in [-0.15, -0.1) is 0 Å². The van der Waals surface area contributed by atoms with E-state index in [1.54, 1.807) is 0 Å². The normalized spacial score (nSPS) is 19.5. The molecule has 96 valence electrons. The third kappa shape index (κ3) is 5.31. The Morgan fingerprint density at radius 3 is 2.44 bits per heavy atom. The molecule has 16 heavy (non-hydrogen) atoms. The minimum Gasteiger partial charge on any atom is -0.385 e. The first-order chi connectivity index (χ1) is 7.74. The Bertz CT molecular complexity index is 164. The highest BCUT2D eigenvalue weighted by Crippen LogP contribution is 2.32. The van der Waals surface area contributed by atoms with Crippen molar-refractivity contribution in [3.63, 3.8) is 0 Å². The summed E-state index contributed by atoms with van der Waals surface area (Å²) in [6.07, 6.45) is 7.00. The average Bonchev–Trinajstić information content (AvgIpc) is 2.75. The smallest absolute Gasteiger partial charge is 0.0465 e. The Labute approximate surface area is 101 Å². The Morgan fingerprint density at radius 2 is 1.88 bits per heavy atom. The molecule has 0 radical (unpaired) electrons. The minimum atomic E-state index is 0.756. The molecule has 1 fully saturated rings. The Hall–Kier alpha value is -0.0800. The predicted molar refractivity (Wildman–Crippen MR) is 69.6 cm³/mol. The molecule has 0 saturated heterocycles. The van der Waals surface area contributed by atoms with Crippen molar-refractivity contribution < 1.29 is 4.74 Å². The van der Waals surface area contributed by atoms with E-state index >= 15 is 0 Å². The van der Waals surface area contributed by atoms with E-state index in [0.717, 1.165) is 30.9 Å². The predicted octanol–water partition coefficient (Wildman–Crippen LogP) is 3.07. The van der Waals surface area contributed by atoms with Gasteiger partial charge in [0.25, 0.3) is 0 Å². The van der Waals surface area contributed by atoms with Crippen molar-refractivity contribution in [2.45, 2.75) is 46.0 Å². The maximum absolute atomic E-state index is 5.23. The SMILES string of the molecule is COCCC(CNCC(C)C)C1CCCC1. The molecule has 0 amide bonds. The summed E-state index contributed by atoms with van der Waals surface area (Å²) in [4.78, 5) is 0. The molecule has 1 unspecified atom stereocenters. The Morgan fingerprint density at radius 1 is 1.19 bits per heavy atom. The summed E-state index contributed by atoms with van der Waals surface area (Å²) < 4.78 is 5.23. The van der Waals surface area contributed by atoms with Gasteiger partial charge in [-0.1, -0.05) is 39.5 Å². The fourth-order valence-corrected chi connectivity index (χ4v) is 2.76. The summed E-state index contributed by atoms with van der Waals surface area (Å²) in [5, 5.41) is 3.62. The first-order valence-electron chi connectivity index (χ1n) is 6.93. The highest BCUT2D eigenvalue weighted by Gasteiger charge is 2.24. The lowest BCUT2D eigenvalue weighted by molar-refractivity contribution is 0.158. The van der Waals surface area contributed by atoms with Crippen LogP contribution in [0.1, 0.15) is 46.0 Å². The second kappa shape index (κ2) is 8.08. The van der Waals surface area contributed by atoms with Gasteiger partial charge < -0.3 is 10.1 Å². The van der Waals surface area contributed by atoms with Crippen molar-refractivity contribution in [3.05, 3.63) is 0 Å². The summed E-state index contributed by atoms with van der Waals surface area (Å²) in [7, 11) is 1.81. The summed E-state index contributed by atoms with van der Waals surface area (Å²) in [6, 6.07) is 0. The maximum atomic E-state index is 5.23. The number of ether oxygens (including phenoxy) is 1. The molecular weight excluding hydrogens is 198 g/mol. The molecule has 2 nitrogen and oxygen atoms in total. The molecule has 0 bridgehead atoms. The number of hydrogen-bond donors (Lipinski definition) is 1. The highest BCUT2D eigenvalue weighted by atomic mass is 16.5. The second-order valence-corrected chi connectivity index (χ2v) is 5.64. The fourth-order valence-electron chi connectivity index (χ4n) is 2.76. The molecule has 1 N–H and O–H groups in total. The van der Waals surface area contributed by atoms with Gasteiger partial charge in [-0.05, 0) is 37.3 Å². The van der Waals surface area contributed by atoms with E-state index in [0.29, 0.717) is 0 Å². The lowest BCUT2D eigenvalue weighted by atomic mass is 9.88. The van der Waals surface area contributed by atoms with E-state index < -0.39 is 0 Å². The summed E-state index contributed by atoms with van der Waals surface area (Å²) in [5.41, 5.74) is 0. The van der Waals surface area contributed by atoms with Crippen molar-refractivity contribution in [1.29, 1.82) is 0 Å². The van der Waals surface area contributed by atoms with Crippen molar-refractivity contribution in [2.75, 3.05) is 26.8 Å². The second-order valence-electron chi connectivity index (χ2n) is 5.64. The van der Waals surface area contributed by atoms with Gasteiger partial charge in [-0.2, -0.15) is 0 Å². The van der Waals surface area contributed by atoms with E-state index in [-0.39, 0.29) is 0 Å². The zero-order chi connectivity index (χ0) is 11.8. The fraction of sp³-hybridized carbons (Fsp3) is 1.00. The number of hydrogen-bond acceptors (Lipinski definition) is 2. The molecule has 0 aromatic rings. The average molecular weight is 227 g/mol. The van der Waals surface area contributed by atoms with Crippen molar-refractivity contribution >= 4 is 0 Å². The van der Waals surface area contributed by atoms with Crippen molar-refractivity contribution in [2.24, 2.45) is 17.8 Å². The molecule has 2 heteroatoms. The van der Waals surface area contributed by atoms with E-state index in [1.807, 2.05) is 7.11 Å². The van der Waals surface area contributed by atoms with Gasteiger partial charge in [0, 0.05) is 13.7 Å². The van der Waals surface area contributed by atoms with E-state index in [9.17, 15) is 0 Å². The van der Waals surface area contributed by atoms with Gasteiger partial charge in [0.1, 0.15) is 0 Å². The van der Waals surface area contributed by atoms with Crippen LogP contribution in [0.5, 0.6) is 0 Å². The zero-order valence-corrected chi connectivity index (χ0v) is 11.3. The van der Waals surface area contributed by atoms with Crippen LogP contribution in [-0.2, 0) is 4.74 Å². The first kappa shape index (κ1) is 14.0. The van der Waals surface area contributed by atoms with Crippen LogP contribution >= 0.6 is 0 Å². The first-order valence-corrected chi connectivity index (χ1v) is 6.93.